The van der Waals surface area contributed by atoms with Crippen LogP contribution in [0.3, 0.4) is 0 Å². The summed E-state index contributed by atoms with van der Waals surface area (Å²) in [6, 6.07) is 13.3. The molecular weight excluding hydrogens is 320 g/mol. The zero-order valence-electron chi connectivity index (χ0n) is 18.9. The van der Waals surface area contributed by atoms with Crippen molar-refractivity contribution in [2.45, 2.75) is 6.92 Å². The van der Waals surface area contributed by atoms with Gasteiger partial charge in [-0.15, -0.1) is 0 Å². The van der Waals surface area contributed by atoms with Crippen LogP contribution in [-0.2, 0) is 0 Å². The Labute approximate surface area is 158 Å². The molecule has 0 fully saturated rings. The number of furan rings is 1. The summed E-state index contributed by atoms with van der Waals surface area (Å²) in [5.74, 6) is 0.411. The van der Waals surface area contributed by atoms with E-state index in [2.05, 4.69) is 9.97 Å². The number of aryl methyl sites for hydroxylation is 1. The van der Waals surface area contributed by atoms with Crippen molar-refractivity contribution >= 4 is 21.9 Å². The van der Waals surface area contributed by atoms with Crippen LogP contribution in [0.5, 0.6) is 0 Å². The molecule has 3 nitrogen and oxygen atoms in total. The number of hydrogen-bond donors (Lipinski definition) is 0. The third-order valence-electron chi connectivity index (χ3n) is 4.25. The molecule has 26 heavy (non-hydrogen) atoms. The number of para-hydroxylation sites is 1. The van der Waals surface area contributed by atoms with E-state index in [9.17, 15) is 0 Å². The van der Waals surface area contributed by atoms with Gasteiger partial charge >= 0.3 is 0 Å². The standard InChI is InChI=1S/C23H16N2O/c1-15-13-20(16-7-3-2-4-8-16)25-23(24-15)17-11-12-22-19(14-17)18-9-5-6-10-21(18)26-22/h2-14H,1H3/i2D,3D,4D,7D,8D. The Morgan fingerprint density at radius 2 is 1.62 bits per heavy atom. The van der Waals surface area contributed by atoms with Gasteiger partial charge in [0.15, 0.2) is 5.82 Å². The first-order valence-electron chi connectivity index (χ1n) is 10.7. The summed E-state index contributed by atoms with van der Waals surface area (Å²) in [6.45, 7) is 1.79. The topological polar surface area (TPSA) is 38.9 Å². The minimum absolute atomic E-state index is 0.0626. The summed E-state index contributed by atoms with van der Waals surface area (Å²) < 4.78 is 46.1. The molecule has 0 unspecified atom stereocenters. The van der Waals surface area contributed by atoms with E-state index in [0.717, 1.165) is 27.5 Å². The first-order valence-corrected chi connectivity index (χ1v) is 8.20. The van der Waals surface area contributed by atoms with Gasteiger partial charge in [0.25, 0.3) is 0 Å². The van der Waals surface area contributed by atoms with Crippen LogP contribution in [0.2, 0.25) is 0 Å². The molecule has 0 atom stereocenters. The predicted octanol–water partition coefficient (Wildman–Crippen LogP) is 6.02. The summed E-state index contributed by atoms with van der Waals surface area (Å²) in [7, 11) is 0. The Hall–Kier alpha value is -3.46. The van der Waals surface area contributed by atoms with E-state index >= 15 is 0 Å². The third kappa shape index (κ3) is 2.45. The zero-order chi connectivity index (χ0) is 21.9. The fraction of sp³-hybridized carbons (Fsp3) is 0.0435. The number of benzene rings is 3. The molecule has 3 aromatic carbocycles. The van der Waals surface area contributed by atoms with Gasteiger partial charge in [0.05, 0.1) is 12.5 Å². The molecule has 0 aliphatic heterocycles. The quantitative estimate of drug-likeness (QED) is 0.394. The molecule has 0 radical (unpaired) electrons. The maximum absolute atomic E-state index is 8.25. The molecule has 5 aromatic rings. The number of rotatable bonds is 2. The van der Waals surface area contributed by atoms with Crippen LogP contribution in [0.1, 0.15) is 12.5 Å². The van der Waals surface area contributed by atoms with E-state index in [1.807, 2.05) is 42.5 Å². The van der Waals surface area contributed by atoms with Gasteiger partial charge in [0, 0.05) is 27.6 Å². The molecule has 0 bridgehead atoms. The largest absolute Gasteiger partial charge is 0.456 e. The minimum Gasteiger partial charge on any atom is -0.456 e. The third-order valence-corrected chi connectivity index (χ3v) is 4.25. The smallest absolute Gasteiger partial charge is 0.160 e. The first-order chi connectivity index (χ1) is 14.8. The lowest BCUT2D eigenvalue weighted by molar-refractivity contribution is 0.669. The van der Waals surface area contributed by atoms with Crippen LogP contribution in [-0.4, -0.2) is 9.97 Å². The molecule has 0 amide bonds. The predicted molar refractivity (Wildman–Crippen MR) is 105 cm³/mol. The van der Waals surface area contributed by atoms with Gasteiger partial charge in [-0.3, -0.25) is 0 Å². The molecule has 0 aliphatic carbocycles. The lowest BCUT2D eigenvalue weighted by atomic mass is 10.1. The van der Waals surface area contributed by atoms with Gasteiger partial charge in [0.2, 0.25) is 0 Å². The van der Waals surface area contributed by atoms with Crippen molar-refractivity contribution in [3.63, 3.8) is 0 Å². The molecule has 0 spiro atoms. The van der Waals surface area contributed by atoms with E-state index in [1.165, 1.54) is 0 Å². The van der Waals surface area contributed by atoms with Crippen molar-refractivity contribution in [3.05, 3.63) is 84.4 Å². The summed E-state index contributed by atoms with van der Waals surface area (Å²) >= 11 is 0. The normalized spacial score (nSPS) is 14.0. The van der Waals surface area contributed by atoms with E-state index in [-0.39, 0.29) is 35.4 Å². The molecule has 0 saturated heterocycles. The highest BCUT2D eigenvalue weighted by Gasteiger charge is 2.11. The van der Waals surface area contributed by atoms with Gasteiger partial charge in [-0.05, 0) is 37.3 Å². The van der Waals surface area contributed by atoms with Crippen molar-refractivity contribution in [3.8, 4) is 22.6 Å². The second-order valence-corrected chi connectivity index (χ2v) is 6.03. The van der Waals surface area contributed by atoms with Crippen LogP contribution < -0.4 is 0 Å². The highest BCUT2D eigenvalue weighted by molar-refractivity contribution is 6.06. The lowest BCUT2D eigenvalue weighted by Gasteiger charge is -2.06. The second-order valence-electron chi connectivity index (χ2n) is 6.03. The monoisotopic (exact) mass is 341 g/mol. The van der Waals surface area contributed by atoms with Crippen LogP contribution in [0.4, 0.5) is 0 Å². The van der Waals surface area contributed by atoms with Crippen molar-refractivity contribution in [2.24, 2.45) is 0 Å². The molecule has 2 heterocycles. The average Bonchev–Trinajstić information content (AvgIpc) is 3.14. The molecule has 3 heteroatoms. The molecule has 124 valence electrons. The lowest BCUT2D eigenvalue weighted by Crippen LogP contribution is -1.95. The molecule has 0 saturated carbocycles. The van der Waals surface area contributed by atoms with Crippen LogP contribution in [0.15, 0.2) is 83.2 Å². The molecule has 5 rings (SSSR count). The van der Waals surface area contributed by atoms with Gasteiger partial charge < -0.3 is 4.42 Å². The summed E-state index contributed by atoms with van der Waals surface area (Å²) in [5, 5.41) is 1.92. The van der Waals surface area contributed by atoms with Gasteiger partial charge in [-0.1, -0.05) is 48.4 Å². The molecule has 2 aromatic heterocycles. The summed E-state index contributed by atoms with van der Waals surface area (Å²) in [5.41, 5.74) is 3.27. The second kappa shape index (κ2) is 5.81. The van der Waals surface area contributed by atoms with Gasteiger partial charge in [-0.25, -0.2) is 9.97 Å². The van der Waals surface area contributed by atoms with Crippen LogP contribution >= 0.6 is 0 Å². The SMILES string of the molecule is [2H]c1c([2H])c([2H])c(-c2cc(C)nc(-c3ccc4oc5ccccc5c4c3)n2)c([2H])c1[2H]. The number of hydrogen-bond acceptors (Lipinski definition) is 3. The zero-order valence-corrected chi connectivity index (χ0v) is 13.9. The molecule has 0 N–H and O–H groups in total. The first kappa shape index (κ1) is 10.5. The van der Waals surface area contributed by atoms with Crippen molar-refractivity contribution in [1.82, 2.24) is 9.97 Å². The Kier molecular flexibility index (Phi) is 2.35. The Bertz CT molecular complexity index is 1480. The fourth-order valence-corrected chi connectivity index (χ4v) is 3.07. The van der Waals surface area contributed by atoms with Crippen LogP contribution in [0, 0.1) is 6.92 Å². The molecular formula is C23H16N2O. The van der Waals surface area contributed by atoms with Gasteiger partial charge in [0.1, 0.15) is 11.2 Å². The fourth-order valence-electron chi connectivity index (χ4n) is 3.07. The van der Waals surface area contributed by atoms with E-state index < -0.39 is 6.04 Å². The summed E-state index contributed by atoms with van der Waals surface area (Å²) in [4.78, 5) is 9.10. The van der Waals surface area contributed by atoms with Gasteiger partial charge in [-0.2, -0.15) is 0 Å². The maximum atomic E-state index is 8.25. The van der Waals surface area contributed by atoms with Crippen molar-refractivity contribution in [1.29, 1.82) is 0 Å². The highest BCUT2D eigenvalue weighted by atomic mass is 16.3. The minimum atomic E-state index is -0.429. The van der Waals surface area contributed by atoms with Crippen molar-refractivity contribution in [2.75, 3.05) is 0 Å². The number of fused-ring (bicyclic) bond motifs is 3. The van der Waals surface area contributed by atoms with E-state index in [4.69, 9.17) is 11.3 Å². The Morgan fingerprint density at radius 3 is 2.50 bits per heavy atom. The maximum Gasteiger partial charge on any atom is 0.160 e. The number of aromatic nitrogens is 2. The summed E-state index contributed by atoms with van der Waals surface area (Å²) in [6.07, 6.45) is 0. The average molecular weight is 341 g/mol. The Balaban J connectivity index is 1.73. The molecule has 0 aliphatic rings. The van der Waals surface area contributed by atoms with Crippen molar-refractivity contribution < 1.29 is 11.3 Å². The van der Waals surface area contributed by atoms with E-state index in [1.54, 1.807) is 13.0 Å². The van der Waals surface area contributed by atoms with E-state index in [0.29, 0.717) is 11.5 Å². The Morgan fingerprint density at radius 1 is 0.808 bits per heavy atom. The number of nitrogens with zero attached hydrogens (tertiary/aromatic N) is 2. The highest BCUT2D eigenvalue weighted by Crippen LogP contribution is 2.32. The van der Waals surface area contributed by atoms with Crippen LogP contribution in [0.25, 0.3) is 44.6 Å².